The molecule has 0 bridgehead atoms. The van der Waals surface area contributed by atoms with Crippen LogP contribution in [0.2, 0.25) is 0 Å². The average Bonchev–Trinajstić information content (AvgIpc) is 2.93. The fourth-order valence-electron chi connectivity index (χ4n) is 3.16. The van der Waals surface area contributed by atoms with Gasteiger partial charge in [-0.05, 0) is 78.2 Å². The summed E-state index contributed by atoms with van der Waals surface area (Å²) in [5.74, 6) is -0.156. The molecule has 8 heteroatoms. The lowest BCUT2D eigenvalue weighted by Crippen LogP contribution is -2.07. The van der Waals surface area contributed by atoms with Gasteiger partial charge in [-0.1, -0.05) is 30.8 Å². The van der Waals surface area contributed by atoms with Crippen molar-refractivity contribution in [3.63, 3.8) is 0 Å². The Morgan fingerprint density at radius 1 is 0.769 bits per heavy atom. The molecule has 0 aliphatic rings. The van der Waals surface area contributed by atoms with E-state index < -0.39 is 17.9 Å². The van der Waals surface area contributed by atoms with E-state index in [2.05, 4.69) is 6.58 Å². The fraction of sp³-hybridized carbons (Fsp3) is 0.129. The number of benzene rings is 3. The van der Waals surface area contributed by atoms with E-state index in [4.69, 9.17) is 18.9 Å². The molecule has 3 rings (SSSR count). The second-order valence-electron chi connectivity index (χ2n) is 8.17. The van der Waals surface area contributed by atoms with E-state index in [-0.39, 0.29) is 12.4 Å². The minimum Gasteiger partial charge on any atom is -0.508 e. The van der Waals surface area contributed by atoms with Crippen molar-refractivity contribution in [1.82, 2.24) is 0 Å². The first kappa shape index (κ1) is 28.5. The summed E-state index contributed by atoms with van der Waals surface area (Å²) in [6.45, 7) is 5.70. The molecule has 0 fully saturated rings. The number of esters is 3. The van der Waals surface area contributed by atoms with Gasteiger partial charge < -0.3 is 24.1 Å². The third-order valence-corrected chi connectivity index (χ3v) is 5.14. The highest BCUT2D eigenvalue weighted by Crippen LogP contribution is 2.24. The van der Waals surface area contributed by atoms with Gasteiger partial charge in [0.15, 0.2) is 0 Å². The quantitative estimate of drug-likeness (QED) is 0.143. The van der Waals surface area contributed by atoms with Gasteiger partial charge in [-0.2, -0.15) is 0 Å². The first-order valence-corrected chi connectivity index (χ1v) is 12.0. The normalized spacial score (nSPS) is 10.8. The molecule has 0 spiro atoms. The number of rotatable bonds is 12. The molecule has 1 N–H and O–H groups in total. The summed E-state index contributed by atoms with van der Waals surface area (Å²) < 4.78 is 21.2. The van der Waals surface area contributed by atoms with Crippen molar-refractivity contribution in [1.29, 1.82) is 0 Å². The van der Waals surface area contributed by atoms with Gasteiger partial charge >= 0.3 is 17.9 Å². The molecule has 8 nitrogen and oxygen atoms in total. The number of ether oxygens (including phenoxy) is 4. The van der Waals surface area contributed by atoms with E-state index in [1.807, 2.05) is 0 Å². The molecular formula is C31H28O8. The van der Waals surface area contributed by atoms with Crippen LogP contribution in [-0.2, 0) is 19.1 Å². The molecular weight excluding hydrogens is 500 g/mol. The van der Waals surface area contributed by atoms with Crippen molar-refractivity contribution < 1.29 is 38.4 Å². The summed E-state index contributed by atoms with van der Waals surface area (Å²) in [6, 6.07) is 18.2. The molecule has 0 saturated carbocycles. The summed E-state index contributed by atoms with van der Waals surface area (Å²) in [4.78, 5) is 35.4. The lowest BCUT2D eigenvalue weighted by Gasteiger charge is -2.08. The third-order valence-electron chi connectivity index (χ3n) is 5.14. The van der Waals surface area contributed by atoms with E-state index >= 15 is 0 Å². The van der Waals surface area contributed by atoms with Crippen LogP contribution in [0.1, 0.15) is 23.1 Å². The predicted molar refractivity (Wildman–Crippen MR) is 146 cm³/mol. The number of carbonyl (C=O) groups is 3. The largest absolute Gasteiger partial charge is 0.508 e. The van der Waals surface area contributed by atoms with Crippen LogP contribution in [0.25, 0.3) is 12.2 Å². The third kappa shape index (κ3) is 10.0. The maximum absolute atomic E-state index is 12.3. The second-order valence-corrected chi connectivity index (χ2v) is 8.17. The summed E-state index contributed by atoms with van der Waals surface area (Å²) >= 11 is 0. The molecule has 0 saturated heterocycles. The van der Waals surface area contributed by atoms with E-state index in [1.54, 1.807) is 67.6 Å². The highest BCUT2D eigenvalue weighted by atomic mass is 16.5. The number of hydrogen-bond acceptors (Lipinski definition) is 8. The average molecular weight is 529 g/mol. The molecule has 3 aromatic rings. The van der Waals surface area contributed by atoms with E-state index in [0.29, 0.717) is 35.8 Å². The van der Waals surface area contributed by atoms with Crippen LogP contribution in [0.15, 0.2) is 91.5 Å². The lowest BCUT2D eigenvalue weighted by molar-refractivity contribution is -0.138. The Bertz CT molecular complexity index is 1350. The van der Waals surface area contributed by atoms with E-state index in [1.165, 1.54) is 30.4 Å². The summed E-state index contributed by atoms with van der Waals surface area (Å²) in [5.41, 5.74) is 2.13. The summed E-state index contributed by atoms with van der Waals surface area (Å²) in [5, 5.41) is 9.31. The molecule has 0 unspecified atom stereocenters. The molecule has 0 aliphatic heterocycles. The predicted octanol–water partition coefficient (Wildman–Crippen LogP) is 5.44. The summed E-state index contributed by atoms with van der Waals surface area (Å²) in [7, 11) is 0. The molecule has 3 aromatic carbocycles. The number of carbonyl (C=O) groups excluding carboxylic acids is 3. The van der Waals surface area contributed by atoms with Crippen molar-refractivity contribution >= 4 is 30.1 Å². The highest BCUT2D eigenvalue weighted by molar-refractivity contribution is 5.89. The molecule has 0 aliphatic carbocycles. The van der Waals surface area contributed by atoms with Crippen LogP contribution < -0.4 is 14.2 Å². The molecule has 0 atom stereocenters. The molecule has 200 valence electrons. The Kier molecular flexibility index (Phi) is 10.6. The molecule has 0 radical (unpaired) electrons. The standard InChI is InChI=1S/C31H28O8/c1-3-29(33)37-20-4-19-36-26-13-7-24(8-14-26)10-18-31(35)39-28-16-15-27(21-22(28)2)38-30(34)17-9-23-5-11-25(32)12-6-23/h3,5-18,21,32H,1,4,19-20H2,2H3/b17-9+,18-10+. The van der Waals surface area contributed by atoms with Gasteiger partial charge in [0.05, 0.1) is 13.2 Å². The first-order valence-electron chi connectivity index (χ1n) is 12.0. The van der Waals surface area contributed by atoms with Crippen molar-refractivity contribution in [2.45, 2.75) is 13.3 Å². The van der Waals surface area contributed by atoms with Gasteiger partial charge in [-0.3, -0.25) is 0 Å². The zero-order valence-electron chi connectivity index (χ0n) is 21.4. The summed E-state index contributed by atoms with van der Waals surface area (Å²) in [6.07, 6.45) is 7.44. The van der Waals surface area contributed by atoms with E-state index in [9.17, 15) is 19.5 Å². The SMILES string of the molecule is C=CC(=O)OCCCOc1ccc(/C=C/C(=O)Oc2ccc(OC(=O)/C=C/c3ccc(O)cc3)cc2C)cc1. The van der Waals surface area contributed by atoms with Crippen LogP contribution in [0.4, 0.5) is 0 Å². The topological polar surface area (TPSA) is 108 Å². The van der Waals surface area contributed by atoms with Crippen molar-refractivity contribution in [3.05, 3.63) is 108 Å². The second kappa shape index (κ2) is 14.6. The fourth-order valence-corrected chi connectivity index (χ4v) is 3.16. The smallest absolute Gasteiger partial charge is 0.336 e. The molecule has 0 amide bonds. The minimum atomic E-state index is -0.569. The number of aromatic hydroxyl groups is 1. The number of phenols is 1. The minimum absolute atomic E-state index is 0.139. The molecule has 0 heterocycles. The Hall–Kier alpha value is -5.11. The Labute approximate surface area is 226 Å². The first-order chi connectivity index (χ1) is 18.8. The maximum atomic E-state index is 12.3. The van der Waals surface area contributed by atoms with Gasteiger partial charge in [0.25, 0.3) is 0 Å². The van der Waals surface area contributed by atoms with E-state index in [0.717, 1.165) is 17.2 Å². The van der Waals surface area contributed by atoms with Crippen LogP contribution in [0.3, 0.4) is 0 Å². The van der Waals surface area contributed by atoms with Crippen LogP contribution >= 0.6 is 0 Å². The van der Waals surface area contributed by atoms with Crippen LogP contribution in [0, 0.1) is 6.92 Å². The van der Waals surface area contributed by atoms with Crippen LogP contribution in [-0.4, -0.2) is 36.2 Å². The van der Waals surface area contributed by atoms with Gasteiger partial charge in [0, 0.05) is 24.6 Å². The molecule has 39 heavy (non-hydrogen) atoms. The van der Waals surface area contributed by atoms with Crippen molar-refractivity contribution in [3.8, 4) is 23.0 Å². The Balaban J connectivity index is 1.45. The van der Waals surface area contributed by atoms with Crippen LogP contribution in [0.5, 0.6) is 23.0 Å². The highest BCUT2D eigenvalue weighted by Gasteiger charge is 2.08. The number of aryl methyl sites for hydroxylation is 1. The number of phenolic OH excluding ortho intramolecular Hbond substituents is 1. The maximum Gasteiger partial charge on any atom is 0.336 e. The zero-order valence-corrected chi connectivity index (χ0v) is 21.4. The zero-order chi connectivity index (χ0) is 28.0. The number of hydrogen-bond donors (Lipinski definition) is 1. The van der Waals surface area contributed by atoms with Gasteiger partial charge in [0.1, 0.15) is 23.0 Å². The Morgan fingerprint density at radius 3 is 1.97 bits per heavy atom. The van der Waals surface area contributed by atoms with Gasteiger partial charge in [-0.25, -0.2) is 14.4 Å². The van der Waals surface area contributed by atoms with Crippen molar-refractivity contribution in [2.24, 2.45) is 0 Å². The monoisotopic (exact) mass is 528 g/mol. The molecule has 0 aromatic heterocycles. The lowest BCUT2D eigenvalue weighted by atomic mass is 10.2. The van der Waals surface area contributed by atoms with Gasteiger partial charge in [-0.15, -0.1) is 0 Å². The van der Waals surface area contributed by atoms with Crippen molar-refractivity contribution in [2.75, 3.05) is 13.2 Å². The van der Waals surface area contributed by atoms with Gasteiger partial charge in [0.2, 0.25) is 0 Å². The Morgan fingerprint density at radius 2 is 1.36 bits per heavy atom.